The van der Waals surface area contributed by atoms with E-state index in [0.717, 1.165) is 43.3 Å². The first kappa shape index (κ1) is 14.7. The summed E-state index contributed by atoms with van der Waals surface area (Å²) < 4.78 is 1.17. The number of nitrogens with zero attached hydrogens (tertiary/aromatic N) is 1. The number of amidine groups is 2. The number of nitrogens with one attached hydrogen (secondary N) is 1. The number of rotatable bonds is 2. The minimum atomic E-state index is 0.288. The highest BCUT2D eigenvalue weighted by atomic mass is 79.9. The van der Waals surface area contributed by atoms with Crippen LogP contribution in [0, 0.1) is 5.41 Å². The Morgan fingerprint density at radius 3 is 2.63 bits per heavy atom. The second kappa shape index (κ2) is 6.66. The van der Waals surface area contributed by atoms with Crippen molar-refractivity contribution < 1.29 is 0 Å². The number of nitrogens with two attached hydrogens (primary N) is 1. The van der Waals surface area contributed by atoms with Crippen molar-refractivity contribution in [1.82, 2.24) is 0 Å². The van der Waals surface area contributed by atoms with E-state index in [1.165, 1.54) is 4.48 Å². The largest absolute Gasteiger partial charge is 0.383 e. The molecule has 0 unspecified atom stereocenters. The maximum absolute atomic E-state index is 8.02. The molecule has 0 fully saturated rings. The second-order valence-corrected chi connectivity index (χ2v) is 7.07. The summed E-state index contributed by atoms with van der Waals surface area (Å²) in [4.78, 5) is 4.80. The minimum Gasteiger partial charge on any atom is -0.383 e. The Balaban J connectivity index is 2.07. The van der Waals surface area contributed by atoms with Gasteiger partial charge in [-0.05, 0) is 47.7 Å². The van der Waals surface area contributed by atoms with E-state index >= 15 is 0 Å². The summed E-state index contributed by atoms with van der Waals surface area (Å²) >= 11 is 7.05. The van der Waals surface area contributed by atoms with Gasteiger partial charge in [0.1, 0.15) is 11.7 Å². The zero-order chi connectivity index (χ0) is 13.8. The van der Waals surface area contributed by atoms with E-state index in [1.54, 1.807) is 0 Å². The third kappa shape index (κ3) is 4.14. The normalized spacial score (nSPS) is 24.4. The highest BCUT2D eigenvalue weighted by Crippen LogP contribution is 2.25. The van der Waals surface area contributed by atoms with Crippen LogP contribution in [0.15, 0.2) is 38.8 Å². The van der Waals surface area contributed by atoms with Crippen molar-refractivity contribution in [3.05, 3.63) is 33.9 Å². The van der Waals surface area contributed by atoms with Crippen LogP contribution in [-0.4, -0.2) is 16.5 Å². The predicted octanol–water partition coefficient (Wildman–Crippen LogP) is 4.19. The molecule has 5 heteroatoms. The van der Waals surface area contributed by atoms with Crippen molar-refractivity contribution in [2.24, 2.45) is 10.7 Å². The standard InChI is InChI=1S/C14H17Br2N3/c15-11-5-1-9(2-6-11)13(17)19-14(18)10-3-7-12(16)8-4-10/h1,3,5,12H,2,4,6-8H2,(H3,17,18,19)/t12-/m0/s1. The van der Waals surface area contributed by atoms with E-state index in [-0.39, 0.29) is 5.84 Å². The highest BCUT2D eigenvalue weighted by Gasteiger charge is 2.15. The summed E-state index contributed by atoms with van der Waals surface area (Å²) in [5.74, 6) is 0.787. The molecule has 0 amide bonds. The van der Waals surface area contributed by atoms with Crippen LogP contribution < -0.4 is 5.73 Å². The Kier molecular flexibility index (Phi) is 5.16. The van der Waals surface area contributed by atoms with Gasteiger partial charge in [-0.2, -0.15) is 0 Å². The maximum Gasteiger partial charge on any atom is 0.150 e. The van der Waals surface area contributed by atoms with Gasteiger partial charge in [0.2, 0.25) is 0 Å². The molecule has 1 atom stereocenters. The van der Waals surface area contributed by atoms with Gasteiger partial charge in [0, 0.05) is 4.83 Å². The molecule has 0 saturated heterocycles. The topological polar surface area (TPSA) is 62.2 Å². The molecule has 19 heavy (non-hydrogen) atoms. The molecule has 0 aromatic carbocycles. The fourth-order valence-corrected chi connectivity index (χ4v) is 2.85. The van der Waals surface area contributed by atoms with Gasteiger partial charge >= 0.3 is 0 Å². The summed E-state index contributed by atoms with van der Waals surface area (Å²) in [6, 6.07) is 0. The lowest BCUT2D eigenvalue weighted by Crippen LogP contribution is -2.20. The number of halogens is 2. The van der Waals surface area contributed by atoms with Gasteiger partial charge in [-0.15, -0.1) is 0 Å². The fourth-order valence-electron chi connectivity index (χ4n) is 2.11. The Labute approximate surface area is 130 Å². The molecule has 2 aliphatic carbocycles. The van der Waals surface area contributed by atoms with Crippen molar-refractivity contribution in [2.45, 2.75) is 36.9 Å². The Morgan fingerprint density at radius 2 is 2.05 bits per heavy atom. The van der Waals surface area contributed by atoms with Crippen LogP contribution in [0.3, 0.4) is 0 Å². The van der Waals surface area contributed by atoms with Gasteiger partial charge in [0.25, 0.3) is 0 Å². The second-order valence-electron chi connectivity index (χ2n) is 4.75. The number of hydrogen-bond donors (Lipinski definition) is 2. The lowest BCUT2D eigenvalue weighted by Gasteiger charge is -2.17. The van der Waals surface area contributed by atoms with Crippen LogP contribution in [0.2, 0.25) is 0 Å². The average molecular weight is 387 g/mol. The van der Waals surface area contributed by atoms with Crippen LogP contribution >= 0.6 is 31.9 Å². The molecule has 0 bridgehead atoms. The molecule has 0 aromatic rings. The van der Waals surface area contributed by atoms with E-state index in [1.807, 2.05) is 12.2 Å². The first-order chi connectivity index (χ1) is 9.06. The van der Waals surface area contributed by atoms with Crippen LogP contribution in [0.5, 0.6) is 0 Å². The maximum atomic E-state index is 8.02. The van der Waals surface area contributed by atoms with Crippen molar-refractivity contribution in [3.63, 3.8) is 0 Å². The van der Waals surface area contributed by atoms with Crippen LogP contribution in [-0.2, 0) is 0 Å². The number of aliphatic imine (C=N–C) groups is 1. The molecule has 0 saturated carbocycles. The van der Waals surface area contributed by atoms with Crippen LogP contribution in [0.25, 0.3) is 0 Å². The Bertz CT molecular complexity index is 501. The summed E-state index contributed by atoms with van der Waals surface area (Å²) in [6.07, 6.45) is 10.8. The number of hydrogen-bond acceptors (Lipinski definition) is 1. The third-order valence-electron chi connectivity index (χ3n) is 3.31. The first-order valence-electron chi connectivity index (χ1n) is 6.38. The van der Waals surface area contributed by atoms with Crippen molar-refractivity contribution in [1.29, 1.82) is 5.41 Å². The Hall–Kier alpha value is -0.680. The quantitative estimate of drug-likeness (QED) is 0.417. The molecule has 0 spiro atoms. The summed E-state index contributed by atoms with van der Waals surface area (Å²) in [6.45, 7) is 0. The molecular formula is C14H17Br2N3. The summed E-state index contributed by atoms with van der Waals surface area (Å²) in [5.41, 5.74) is 8.03. The van der Waals surface area contributed by atoms with Crippen LogP contribution in [0.1, 0.15) is 32.1 Å². The smallest absolute Gasteiger partial charge is 0.150 e. The zero-order valence-corrected chi connectivity index (χ0v) is 13.8. The fraction of sp³-hybridized carbons (Fsp3) is 0.429. The lowest BCUT2D eigenvalue weighted by atomic mass is 9.98. The van der Waals surface area contributed by atoms with E-state index in [4.69, 9.17) is 11.1 Å². The van der Waals surface area contributed by atoms with E-state index in [2.05, 4.69) is 42.9 Å². The Morgan fingerprint density at radius 1 is 1.26 bits per heavy atom. The molecular weight excluding hydrogens is 370 g/mol. The zero-order valence-electron chi connectivity index (χ0n) is 10.6. The third-order valence-corrected chi connectivity index (χ3v) is 4.80. The lowest BCUT2D eigenvalue weighted by molar-refractivity contribution is 0.744. The molecule has 0 heterocycles. The monoisotopic (exact) mass is 385 g/mol. The van der Waals surface area contributed by atoms with Crippen molar-refractivity contribution >= 4 is 43.5 Å². The van der Waals surface area contributed by atoms with Gasteiger partial charge in [-0.25, -0.2) is 4.99 Å². The van der Waals surface area contributed by atoms with E-state index in [9.17, 15) is 0 Å². The highest BCUT2D eigenvalue weighted by molar-refractivity contribution is 9.11. The molecule has 2 rings (SSSR count). The molecule has 0 aliphatic heterocycles. The van der Waals surface area contributed by atoms with E-state index < -0.39 is 0 Å². The number of allylic oxidation sites excluding steroid dienone is 4. The summed E-state index contributed by atoms with van der Waals surface area (Å²) in [5, 5.41) is 8.02. The molecule has 3 N–H and O–H groups in total. The van der Waals surface area contributed by atoms with Gasteiger partial charge in [-0.1, -0.05) is 50.1 Å². The minimum absolute atomic E-state index is 0.288. The molecule has 0 aromatic heterocycles. The van der Waals surface area contributed by atoms with E-state index in [0.29, 0.717) is 10.7 Å². The van der Waals surface area contributed by atoms with Crippen molar-refractivity contribution in [3.8, 4) is 0 Å². The van der Waals surface area contributed by atoms with Gasteiger partial charge in [0.15, 0.2) is 0 Å². The van der Waals surface area contributed by atoms with Crippen LogP contribution in [0.4, 0.5) is 0 Å². The summed E-state index contributed by atoms with van der Waals surface area (Å²) in [7, 11) is 0. The van der Waals surface area contributed by atoms with Gasteiger partial charge < -0.3 is 5.73 Å². The first-order valence-corrected chi connectivity index (χ1v) is 8.09. The average Bonchev–Trinajstić information content (AvgIpc) is 2.40. The molecule has 102 valence electrons. The van der Waals surface area contributed by atoms with Gasteiger partial charge in [-0.3, -0.25) is 5.41 Å². The predicted molar refractivity (Wildman–Crippen MR) is 88.3 cm³/mol. The molecule has 0 radical (unpaired) electrons. The molecule has 3 nitrogen and oxygen atoms in total. The van der Waals surface area contributed by atoms with Gasteiger partial charge in [0.05, 0.1) is 0 Å². The SMILES string of the molecule is N=C(/N=C(\N)C1=CC[C@H](Br)CC1)C1=CC=C(Br)CC1. The number of alkyl halides is 1. The van der Waals surface area contributed by atoms with Crippen molar-refractivity contribution in [2.75, 3.05) is 0 Å². The molecule has 2 aliphatic rings.